The van der Waals surface area contributed by atoms with Crippen LogP contribution < -0.4 is 15.4 Å². The van der Waals surface area contributed by atoms with Gasteiger partial charge in [-0.1, -0.05) is 17.7 Å². The molecular formula is C16H15ClN2O2S. The number of hydrogen-bond donors (Lipinski definition) is 2. The van der Waals surface area contributed by atoms with E-state index >= 15 is 0 Å². The fraction of sp³-hybridized carbons (Fsp3) is 0.125. The first kappa shape index (κ1) is 16.3. The second kappa shape index (κ2) is 7.77. The fourth-order valence-electron chi connectivity index (χ4n) is 1.77. The molecule has 0 aliphatic heterocycles. The lowest BCUT2D eigenvalue weighted by Gasteiger charge is -2.10. The van der Waals surface area contributed by atoms with Gasteiger partial charge in [0.15, 0.2) is 5.11 Å². The standard InChI is InChI=1S/C16H15ClN2O2S/c1-2-21-14-8-6-13(7-9-14)18-16(22)19-15(20)11-4-3-5-12(17)10-11/h3-10H,2H2,1H3,(H2,18,19,20,22). The van der Waals surface area contributed by atoms with E-state index in [1.807, 2.05) is 31.2 Å². The Balaban J connectivity index is 1.93. The van der Waals surface area contributed by atoms with Gasteiger partial charge in [-0.25, -0.2) is 0 Å². The normalized spacial score (nSPS) is 9.91. The molecule has 2 aromatic rings. The number of anilines is 1. The molecule has 0 spiro atoms. The highest BCUT2D eigenvalue weighted by Gasteiger charge is 2.08. The van der Waals surface area contributed by atoms with Crippen molar-refractivity contribution in [3.63, 3.8) is 0 Å². The maximum Gasteiger partial charge on any atom is 0.257 e. The van der Waals surface area contributed by atoms with Crippen LogP contribution in [0.1, 0.15) is 17.3 Å². The number of nitrogens with one attached hydrogen (secondary N) is 2. The maximum atomic E-state index is 12.0. The van der Waals surface area contributed by atoms with Crippen LogP contribution in [0, 0.1) is 0 Å². The van der Waals surface area contributed by atoms with Crippen LogP contribution >= 0.6 is 23.8 Å². The number of carbonyl (C=O) groups is 1. The zero-order valence-corrected chi connectivity index (χ0v) is 13.5. The molecule has 0 aromatic heterocycles. The van der Waals surface area contributed by atoms with Gasteiger partial charge in [-0.2, -0.15) is 0 Å². The van der Waals surface area contributed by atoms with Crippen LogP contribution in [-0.2, 0) is 0 Å². The van der Waals surface area contributed by atoms with E-state index in [1.54, 1.807) is 24.3 Å². The van der Waals surface area contributed by atoms with Crippen molar-refractivity contribution in [2.24, 2.45) is 0 Å². The van der Waals surface area contributed by atoms with E-state index in [0.29, 0.717) is 17.2 Å². The van der Waals surface area contributed by atoms with E-state index in [-0.39, 0.29) is 11.0 Å². The summed E-state index contributed by atoms with van der Waals surface area (Å²) < 4.78 is 5.36. The number of halogens is 1. The molecule has 0 saturated carbocycles. The Morgan fingerprint density at radius 1 is 1.23 bits per heavy atom. The van der Waals surface area contributed by atoms with E-state index < -0.39 is 0 Å². The van der Waals surface area contributed by atoms with Crippen molar-refractivity contribution in [1.82, 2.24) is 5.32 Å². The molecular weight excluding hydrogens is 320 g/mol. The van der Waals surface area contributed by atoms with Crippen LogP contribution in [0.3, 0.4) is 0 Å². The minimum absolute atomic E-state index is 0.217. The second-order valence-electron chi connectivity index (χ2n) is 4.38. The smallest absolute Gasteiger partial charge is 0.257 e. The molecule has 0 heterocycles. The van der Waals surface area contributed by atoms with Crippen LogP contribution in [0.4, 0.5) is 5.69 Å². The zero-order chi connectivity index (χ0) is 15.9. The van der Waals surface area contributed by atoms with Crippen molar-refractivity contribution in [3.05, 3.63) is 59.1 Å². The highest BCUT2D eigenvalue weighted by molar-refractivity contribution is 7.80. The minimum Gasteiger partial charge on any atom is -0.494 e. The Morgan fingerprint density at radius 2 is 1.95 bits per heavy atom. The number of thiocarbonyl (C=S) groups is 1. The summed E-state index contributed by atoms with van der Waals surface area (Å²) >= 11 is 11.0. The van der Waals surface area contributed by atoms with E-state index in [2.05, 4.69) is 10.6 Å². The van der Waals surface area contributed by atoms with Crippen molar-refractivity contribution < 1.29 is 9.53 Å². The molecule has 4 nitrogen and oxygen atoms in total. The first-order valence-corrected chi connectivity index (χ1v) is 7.48. The topological polar surface area (TPSA) is 50.4 Å². The van der Waals surface area contributed by atoms with E-state index in [9.17, 15) is 4.79 Å². The highest BCUT2D eigenvalue weighted by Crippen LogP contribution is 2.15. The second-order valence-corrected chi connectivity index (χ2v) is 5.22. The lowest BCUT2D eigenvalue weighted by atomic mass is 10.2. The summed E-state index contributed by atoms with van der Waals surface area (Å²) in [6.07, 6.45) is 0. The van der Waals surface area contributed by atoms with Gasteiger partial charge in [0.2, 0.25) is 0 Å². The molecule has 0 aliphatic rings. The van der Waals surface area contributed by atoms with Gasteiger partial charge in [-0.05, 0) is 61.6 Å². The van der Waals surface area contributed by atoms with E-state index in [0.717, 1.165) is 11.4 Å². The summed E-state index contributed by atoms with van der Waals surface area (Å²) in [7, 11) is 0. The van der Waals surface area contributed by atoms with Gasteiger partial charge in [-0.3, -0.25) is 10.1 Å². The number of carbonyl (C=O) groups excluding carboxylic acids is 1. The van der Waals surface area contributed by atoms with Gasteiger partial charge in [-0.15, -0.1) is 0 Å². The Morgan fingerprint density at radius 3 is 2.59 bits per heavy atom. The van der Waals surface area contributed by atoms with Crippen molar-refractivity contribution in [2.45, 2.75) is 6.92 Å². The molecule has 0 aliphatic carbocycles. The molecule has 114 valence electrons. The highest BCUT2D eigenvalue weighted by atomic mass is 35.5. The molecule has 1 amide bonds. The van der Waals surface area contributed by atoms with Gasteiger partial charge in [0.1, 0.15) is 5.75 Å². The number of benzene rings is 2. The monoisotopic (exact) mass is 334 g/mol. The van der Waals surface area contributed by atoms with Gasteiger partial charge in [0, 0.05) is 16.3 Å². The molecule has 22 heavy (non-hydrogen) atoms. The summed E-state index contributed by atoms with van der Waals surface area (Å²) in [4.78, 5) is 12.0. The Kier molecular flexibility index (Phi) is 5.75. The first-order chi connectivity index (χ1) is 10.6. The minimum atomic E-state index is -0.314. The summed E-state index contributed by atoms with van der Waals surface area (Å²) in [5.41, 5.74) is 1.21. The molecule has 0 saturated heterocycles. The largest absolute Gasteiger partial charge is 0.494 e. The van der Waals surface area contributed by atoms with Crippen LogP contribution in [0.25, 0.3) is 0 Å². The summed E-state index contributed by atoms with van der Waals surface area (Å²) in [6.45, 7) is 2.54. The average Bonchev–Trinajstić information content (AvgIpc) is 2.49. The molecule has 6 heteroatoms. The van der Waals surface area contributed by atoms with E-state index in [4.69, 9.17) is 28.6 Å². The van der Waals surface area contributed by atoms with Crippen molar-refractivity contribution in [2.75, 3.05) is 11.9 Å². The summed E-state index contributed by atoms with van der Waals surface area (Å²) in [5, 5.41) is 6.26. The summed E-state index contributed by atoms with van der Waals surface area (Å²) in [6, 6.07) is 14.0. The molecule has 0 fully saturated rings. The average molecular weight is 335 g/mol. The Labute approximate surface area is 139 Å². The predicted octanol–water partition coefficient (Wildman–Crippen LogP) is 3.87. The molecule has 2 rings (SSSR count). The summed E-state index contributed by atoms with van der Waals surface area (Å²) in [5.74, 6) is 0.466. The Hall–Kier alpha value is -2.11. The van der Waals surface area contributed by atoms with Crippen molar-refractivity contribution >= 4 is 40.5 Å². The van der Waals surface area contributed by atoms with Gasteiger partial charge in [0.25, 0.3) is 5.91 Å². The van der Waals surface area contributed by atoms with Crippen molar-refractivity contribution in [3.8, 4) is 5.75 Å². The predicted molar refractivity (Wildman–Crippen MR) is 92.7 cm³/mol. The third kappa shape index (κ3) is 4.72. The molecule has 0 radical (unpaired) electrons. The Bertz CT molecular complexity index is 674. The van der Waals surface area contributed by atoms with E-state index in [1.165, 1.54) is 0 Å². The van der Waals surface area contributed by atoms with Crippen LogP contribution in [0.15, 0.2) is 48.5 Å². The van der Waals surface area contributed by atoms with Crippen LogP contribution in [0.2, 0.25) is 5.02 Å². The maximum absolute atomic E-state index is 12.0. The SMILES string of the molecule is CCOc1ccc(NC(=S)NC(=O)c2cccc(Cl)c2)cc1. The fourth-order valence-corrected chi connectivity index (χ4v) is 2.17. The third-order valence-corrected chi connectivity index (χ3v) is 3.18. The van der Waals surface area contributed by atoms with Gasteiger partial charge < -0.3 is 10.1 Å². The van der Waals surface area contributed by atoms with Crippen LogP contribution in [-0.4, -0.2) is 17.6 Å². The lowest BCUT2D eigenvalue weighted by molar-refractivity contribution is 0.0977. The molecule has 0 bridgehead atoms. The number of rotatable bonds is 4. The van der Waals surface area contributed by atoms with Crippen LogP contribution in [0.5, 0.6) is 5.75 Å². The lowest BCUT2D eigenvalue weighted by Crippen LogP contribution is -2.34. The van der Waals surface area contributed by atoms with Gasteiger partial charge >= 0.3 is 0 Å². The molecule has 0 atom stereocenters. The third-order valence-electron chi connectivity index (χ3n) is 2.74. The first-order valence-electron chi connectivity index (χ1n) is 6.69. The molecule has 0 unspecified atom stereocenters. The molecule has 2 N–H and O–H groups in total. The molecule has 2 aromatic carbocycles. The number of ether oxygens (including phenoxy) is 1. The zero-order valence-electron chi connectivity index (χ0n) is 11.9. The quantitative estimate of drug-likeness (QED) is 0.833. The number of amides is 1. The number of hydrogen-bond acceptors (Lipinski definition) is 3. The van der Waals surface area contributed by atoms with Crippen molar-refractivity contribution in [1.29, 1.82) is 0 Å². The van der Waals surface area contributed by atoms with Gasteiger partial charge in [0.05, 0.1) is 6.61 Å².